The highest BCUT2D eigenvalue weighted by molar-refractivity contribution is 5.96. The highest BCUT2D eigenvalue weighted by atomic mass is 16.5. The molecule has 4 heteroatoms. The van der Waals surface area contributed by atoms with Gasteiger partial charge in [0.1, 0.15) is 5.75 Å². The SMILES string of the molecule is Cc1ccc(OCC(=O)N2CCCc3c(N)cccc32)cc1. The molecule has 2 N–H and O–H groups in total. The summed E-state index contributed by atoms with van der Waals surface area (Å²) in [5, 5.41) is 0. The number of anilines is 2. The van der Waals surface area contributed by atoms with Crippen LogP contribution in [-0.4, -0.2) is 19.1 Å². The van der Waals surface area contributed by atoms with Crippen LogP contribution in [0.15, 0.2) is 42.5 Å². The molecule has 1 aliphatic rings. The Kier molecular flexibility index (Phi) is 4.00. The van der Waals surface area contributed by atoms with Gasteiger partial charge in [-0.3, -0.25) is 4.79 Å². The number of carbonyl (C=O) groups excluding carboxylic acids is 1. The molecule has 0 spiro atoms. The summed E-state index contributed by atoms with van der Waals surface area (Å²) in [6.45, 7) is 2.77. The van der Waals surface area contributed by atoms with Crippen LogP contribution in [0, 0.1) is 6.92 Å². The Morgan fingerprint density at radius 2 is 2.00 bits per heavy atom. The van der Waals surface area contributed by atoms with Gasteiger partial charge in [-0.1, -0.05) is 23.8 Å². The molecular formula is C18H20N2O2. The van der Waals surface area contributed by atoms with Gasteiger partial charge in [0.05, 0.1) is 0 Å². The number of nitrogens with zero attached hydrogens (tertiary/aromatic N) is 1. The lowest BCUT2D eigenvalue weighted by molar-refractivity contribution is -0.120. The van der Waals surface area contributed by atoms with Crippen LogP contribution in [-0.2, 0) is 11.2 Å². The molecule has 2 aromatic rings. The minimum atomic E-state index is -0.0351. The van der Waals surface area contributed by atoms with Crippen molar-refractivity contribution in [3.05, 3.63) is 53.6 Å². The van der Waals surface area contributed by atoms with Gasteiger partial charge in [0.15, 0.2) is 6.61 Å². The van der Waals surface area contributed by atoms with Crippen LogP contribution >= 0.6 is 0 Å². The zero-order valence-corrected chi connectivity index (χ0v) is 12.7. The van der Waals surface area contributed by atoms with Crippen LogP contribution < -0.4 is 15.4 Å². The van der Waals surface area contributed by atoms with Crippen molar-refractivity contribution in [2.24, 2.45) is 0 Å². The van der Waals surface area contributed by atoms with Crippen LogP contribution in [0.1, 0.15) is 17.5 Å². The minimum absolute atomic E-state index is 0.0351. The second-order valence-electron chi connectivity index (χ2n) is 5.60. The van der Waals surface area contributed by atoms with Gasteiger partial charge in [-0.2, -0.15) is 0 Å². The molecule has 0 saturated heterocycles. The predicted molar refractivity (Wildman–Crippen MR) is 88.2 cm³/mol. The average Bonchev–Trinajstić information content (AvgIpc) is 2.54. The molecule has 1 amide bonds. The Morgan fingerprint density at radius 1 is 1.23 bits per heavy atom. The summed E-state index contributed by atoms with van der Waals surface area (Å²) in [7, 11) is 0. The number of rotatable bonds is 3. The molecule has 0 radical (unpaired) electrons. The Hall–Kier alpha value is -2.49. The molecule has 0 atom stereocenters. The highest BCUT2D eigenvalue weighted by Crippen LogP contribution is 2.31. The zero-order valence-electron chi connectivity index (χ0n) is 12.7. The third-order valence-electron chi connectivity index (χ3n) is 3.97. The summed E-state index contributed by atoms with van der Waals surface area (Å²) in [5.41, 5.74) is 9.93. The molecule has 4 nitrogen and oxygen atoms in total. The molecule has 114 valence electrons. The van der Waals surface area contributed by atoms with Crippen molar-refractivity contribution in [3.63, 3.8) is 0 Å². The number of hydrogen-bond donors (Lipinski definition) is 1. The molecule has 0 bridgehead atoms. The van der Waals surface area contributed by atoms with Gasteiger partial charge in [-0.05, 0) is 49.6 Å². The zero-order chi connectivity index (χ0) is 15.5. The maximum Gasteiger partial charge on any atom is 0.264 e. The maximum atomic E-state index is 12.5. The van der Waals surface area contributed by atoms with E-state index in [1.165, 1.54) is 5.56 Å². The quantitative estimate of drug-likeness (QED) is 0.886. The molecule has 0 unspecified atom stereocenters. The highest BCUT2D eigenvalue weighted by Gasteiger charge is 2.23. The van der Waals surface area contributed by atoms with Crippen LogP contribution in [0.3, 0.4) is 0 Å². The van der Waals surface area contributed by atoms with Crippen LogP contribution in [0.4, 0.5) is 11.4 Å². The van der Waals surface area contributed by atoms with Crippen LogP contribution in [0.5, 0.6) is 5.75 Å². The van der Waals surface area contributed by atoms with Gasteiger partial charge in [0.2, 0.25) is 0 Å². The van der Waals surface area contributed by atoms with Crippen molar-refractivity contribution in [3.8, 4) is 5.75 Å². The molecule has 3 rings (SSSR count). The molecule has 0 fully saturated rings. The fraction of sp³-hybridized carbons (Fsp3) is 0.278. The summed E-state index contributed by atoms with van der Waals surface area (Å²) >= 11 is 0. The van der Waals surface area contributed by atoms with Crippen molar-refractivity contribution in [2.45, 2.75) is 19.8 Å². The first-order valence-corrected chi connectivity index (χ1v) is 7.52. The molecule has 0 saturated carbocycles. The van der Waals surface area contributed by atoms with Crippen molar-refractivity contribution in [2.75, 3.05) is 23.8 Å². The Bertz CT molecular complexity index is 680. The predicted octanol–water partition coefficient (Wildman–Crippen LogP) is 2.94. The van der Waals surface area contributed by atoms with E-state index >= 15 is 0 Å². The number of ether oxygens (including phenoxy) is 1. The van der Waals surface area contributed by atoms with Gasteiger partial charge in [0.25, 0.3) is 5.91 Å². The van der Waals surface area contributed by atoms with E-state index in [0.29, 0.717) is 12.3 Å². The molecule has 2 aromatic carbocycles. The van der Waals surface area contributed by atoms with Gasteiger partial charge in [0, 0.05) is 17.9 Å². The number of fused-ring (bicyclic) bond motifs is 1. The average molecular weight is 296 g/mol. The summed E-state index contributed by atoms with van der Waals surface area (Å²) in [4.78, 5) is 14.3. The summed E-state index contributed by atoms with van der Waals surface area (Å²) in [5.74, 6) is 0.677. The van der Waals surface area contributed by atoms with Gasteiger partial charge < -0.3 is 15.4 Å². The topological polar surface area (TPSA) is 55.6 Å². The van der Waals surface area contributed by atoms with E-state index in [1.807, 2.05) is 49.4 Å². The van der Waals surface area contributed by atoms with Crippen molar-refractivity contribution >= 4 is 17.3 Å². The first-order chi connectivity index (χ1) is 10.6. The van der Waals surface area contributed by atoms with Crippen molar-refractivity contribution in [1.29, 1.82) is 0 Å². The van der Waals surface area contributed by atoms with E-state index in [2.05, 4.69) is 0 Å². The summed E-state index contributed by atoms with van der Waals surface area (Å²) in [6.07, 6.45) is 1.85. The number of carbonyl (C=O) groups is 1. The van der Waals surface area contributed by atoms with E-state index < -0.39 is 0 Å². The van der Waals surface area contributed by atoms with Crippen LogP contribution in [0.2, 0.25) is 0 Å². The Labute approximate surface area is 130 Å². The monoisotopic (exact) mass is 296 g/mol. The van der Waals surface area contributed by atoms with E-state index in [-0.39, 0.29) is 12.5 Å². The molecule has 0 aliphatic carbocycles. The smallest absolute Gasteiger partial charge is 0.264 e. The first kappa shape index (κ1) is 14.4. The normalized spacial score (nSPS) is 13.6. The van der Waals surface area contributed by atoms with E-state index in [0.717, 1.165) is 29.8 Å². The second-order valence-corrected chi connectivity index (χ2v) is 5.60. The molecular weight excluding hydrogens is 276 g/mol. The number of amides is 1. The van der Waals surface area contributed by atoms with E-state index in [4.69, 9.17) is 10.5 Å². The maximum absolute atomic E-state index is 12.5. The first-order valence-electron chi connectivity index (χ1n) is 7.52. The minimum Gasteiger partial charge on any atom is -0.484 e. The fourth-order valence-corrected chi connectivity index (χ4v) is 2.77. The Balaban J connectivity index is 1.71. The Morgan fingerprint density at radius 3 is 2.77 bits per heavy atom. The number of hydrogen-bond acceptors (Lipinski definition) is 3. The van der Waals surface area contributed by atoms with Gasteiger partial charge in [-0.25, -0.2) is 0 Å². The van der Waals surface area contributed by atoms with Crippen LogP contribution in [0.25, 0.3) is 0 Å². The fourth-order valence-electron chi connectivity index (χ4n) is 2.77. The molecule has 0 aromatic heterocycles. The van der Waals surface area contributed by atoms with E-state index in [1.54, 1.807) is 4.90 Å². The van der Waals surface area contributed by atoms with Gasteiger partial charge in [-0.15, -0.1) is 0 Å². The largest absolute Gasteiger partial charge is 0.484 e. The lowest BCUT2D eigenvalue weighted by Gasteiger charge is -2.30. The standard InChI is InChI=1S/C18H20N2O2/c1-13-7-9-14(10-8-13)22-12-18(21)20-11-3-4-15-16(19)5-2-6-17(15)20/h2,5-10H,3-4,11-12,19H2,1H3. The molecule has 22 heavy (non-hydrogen) atoms. The van der Waals surface area contributed by atoms with Crippen molar-refractivity contribution < 1.29 is 9.53 Å². The number of nitrogen functional groups attached to an aromatic ring is 1. The van der Waals surface area contributed by atoms with E-state index in [9.17, 15) is 4.79 Å². The van der Waals surface area contributed by atoms with Gasteiger partial charge >= 0.3 is 0 Å². The molecule has 1 heterocycles. The summed E-state index contributed by atoms with van der Waals surface area (Å²) < 4.78 is 5.60. The van der Waals surface area contributed by atoms with Crippen molar-refractivity contribution in [1.82, 2.24) is 0 Å². The second kappa shape index (κ2) is 6.10. The lowest BCUT2D eigenvalue weighted by Crippen LogP contribution is -2.38. The summed E-state index contributed by atoms with van der Waals surface area (Å²) in [6, 6.07) is 13.4. The number of aryl methyl sites for hydroxylation is 1. The lowest BCUT2D eigenvalue weighted by atomic mass is 10.00. The molecule has 1 aliphatic heterocycles. The number of nitrogens with two attached hydrogens (primary N) is 1. The number of benzene rings is 2. The third-order valence-corrected chi connectivity index (χ3v) is 3.97. The third kappa shape index (κ3) is 2.91.